The van der Waals surface area contributed by atoms with Crippen LogP contribution in [0.15, 0.2) is 24.3 Å². The number of hydrogen-bond donors (Lipinski definition) is 2. The third-order valence-corrected chi connectivity index (χ3v) is 4.85. The van der Waals surface area contributed by atoms with Crippen molar-refractivity contribution in [2.45, 2.75) is 37.7 Å². The summed E-state index contributed by atoms with van der Waals surface area (Å²) in [7, 11) is 1.35. The summed E-state index contributed by atoms with van der Waals surface area (Å²) < 4.78 is 108. The van der Waals surface area contributed by atoms with E-state index >= 15 is 0 Å². The Labute approximate surface area is 213 Å². The number of carboxylic acid groups (broad SMARTS) is 1. The molecule has 0 spiro atoms. The maximum atomic E-state index is 13.4. The van der Waals surface area contributed by atoms with Crippen LogP contribution in [0.1, 0.15) is 12.5 Å². The van der Waals surface area contributed by atoms with Gasteiger partial charge in [-0.2, -0.15) is 30.7 Å². The Morgan fingerprint density at radius 3 is 2.13 bits per heavy atom. The lowest BCUT2D eigenvalue weighted by molar-refractivity contribution is -0.423. The molecule has 38 heavy (non-hydrogen) atoms. The van der Waals surface area contributed by atoms with Crippen molar-refractivity contribution in [1.29, 1.82) is 0 Å². The summed E-state index contributed by atoms with van der Waals surface area (Å²) in [6, 6.07) is 5.32. The second-order valence-corrected chi connectivity index (χ2v) is 7.63. The van der Waals surface area contributed by atoms with Gasteiger partial charge in [0.2, 0.25) is 0 Å². The van der Waals surface area contributed by atoms with E-state index < -0.39 is 49.5 Å². The van der Waals surface area contributed by atoms with Crippen molar-refractivity contribution in [1.82, 2.24) is 10.2 Å². The molecular formula is C22H29F7N2O7. The molecule has 2 amide bonds. The van der Waals surface area contributed by atoms with Crippen molar-refractivity contribution in [2.75, 3.05) is 53.2 Å². The SMILES string of the molecule is CCOC(Cc1ccc(OCCN(CCOC(F)(F)C(F)(F)C(F)(F)F)C(=O)NCCOC)cc1)C(=O)O. The minimum absolute atomic E-state index is 0.00357. The van der Waals surface area contributed by atoms with Crippen LogP contribution < -0.4 is 10.1 Å². The standard InChI is InChI=1S/C22H29F7N2O7/c1-3-36-17(18(32)33)14-15-4-6-16(7-5-15)37-12-9-31(19(34)30-8-11-35-2)10-13-38-22(28,29)20(23,24)21(25,26)27/h4-7,17H,3,8-14H2,1-2H3,(H,30,34)(H,32,33). The number of carbonyl (C=O) groups is 2. The Kier molecular flexibility index (Phi) is 13.0. The minimum Gasteiger partial charge on any atom is -0.492 e. The third-order valence-electron chi connectivity index (χ3n) is 4.85. The predicted octanol–water partition coefficient (Wildman–Crippen LogP) is 3.56. The second-order valence-electron chi connectivity index (χ2n) is 7.63. The van der Waals surface area contributed by atoms with Gasteiger partial charge in [0.1, 0.15) is 12.4 Å². The Balaban J connectivity index is 2.73. The van der Waals surface area contributed by atoms with E-state index in [9.17, 15) is 40.3 Å². The van der Waals surface area contributed by atoms with E-state index in [1.165, 1.54) is 19.2 Å². The van der Waals surface area contributed by atoms with Crippen molar-refractivity contribution in [3.63, 3.8) is 0 Å². The van der Waals surface area contributed by atoms with Crippen molar-refractivity contribution < 1.29 is 64.4 Å². The van der Waals surface area contributed by atoms with Crippen LogP contribution in [-0.2, 0) is 25.4 Å². The minimum atomic E-state index is -6.55. The molecule has 0 saturated heterocycles. The zero-order chi connectivity index (χ0) is 29.0. The highest BCUT2D eigenvalue weighted by Crippen LogP contribution is 2.46. The van der Waals surface area contributed by atoms with Crippen molar-refractivity contribution in [2.24, 2.45) is 0 Å². The molecule has 0 aliphatic rings. The van der Waals surface area contributed by atoms with Crippen LogP contribution in [0.5, 0.6) is 5.75 Å². The summed E-state index contributed by atoms with van der Waals surface area (Å²) in [5, 5.41) is 11.5. The molecule has 2 N–H and O–H groups in total. The Morgan fingerprint density at radius 1 is 1.00 bits per heavy atom. The number of rotatable bonds is 17. The first-order valence-corrected chi connectivity index (χ1v) is 11.2. The van der Waals surface area contributed by atoms with Crippen LogP contribution in [0.4, 0.5) is 35.5 Å². The first kappa shape index (κ1) is 33.2. The third kappa shape index (κ3) is 10.1. The second kappa shape index (κ2) is 14.9. The zero-order valence-corrected chi connectivity index (χ0v) is 20.5. The smallest absolute Gasteiger partial charge is 0.462 e. The lowest BCUT2D eigenvalue weighted by Gasteiger charge is -2.29. The summed E-state index contributed by atoms with van der Waals surface area (Å²) in [4.78, 5) is 24.3. The molecule has 0 aliphatic carbocycles. The molecule has 9 nitrogen and oxygen atoms in total. The number of alkyl halides is 7. The fourth-order valence-electron chi connectivity index (χ4n) is 2.85. The number of nitrogens with zero attached hydrogens (tertiary/aromatic N) is 1. The first-order chi connectivity index (χ1) is 17.7. The van der Waals surface area contributed by atoms with Gasteiger partial charge in [-0.1, -0.05) is 12.1 Å². The number of methoxy groups -OCH3 is 1. The number of amides is 2. The van der Waals surface area contributed by atoms with Gasteiger partial charge in [-0.25, -0.2) is 9.59 Å². The summed E-state index contributed by atoms with van der Waals surface area (Å²) in [6.07, 6.45) is -13.3. The quantitative estimate of drug-likeness (QED) is 0.219. The van der Waals surface area contributed by atoms with Gasteiger partial charge >= 0.3 is 30.2 Å². The number of nitrogens with one attached hydrogen (secondary N) is 1. The maximum absolute atomic E-state index is 13.4. The Bertz CT molecular complexity index is 871. The van der Waals surface area contributed by atoms with E-state index in [-0.39, 0.29) is 39.3 Å². The topological polar surface area (TPSA) is 107 Å². The Morgan fingerprint density at radius 2 is 1.61 bits per heavy atom. The lowest BCUT2D eigenvalue weighted by atomic mass is 10.1. The van der Waals surface area contributed by atoms with Gasteiger partial charge in [0.15, 0.2) is 6.10 Å². The highest BCUT2D eigenvalue weighted by atomic mass is 19.4. The average molecular weight is 566 g/mol. The zero-order valence-electron chi connectivity index (χ0n) is 20.5. The van der Waals surface area contributed by atoms with Crippen molar-refractivity contribution >= 4 is 12.0 Å². The van der Waals surface area contributed by atoms with Gasteiger partial charge in [0, 0.05) is 33.2 Å². The van der Waals surface area contributed by atoms with Crippen LogP contribution in [0.3, 0.4) is 0 Å². The van der Waals surface area contributed by atoms with E-state index in [1.807, 2.05) is 0 Å². The molecule has 1 atom stereocenters. The molecular weight excluding hydrogens is 537 g/mol. The van der Waals surface area contributed by atoms with Crippen LogP contribution in [0.2, 0.25) is 0 Å². The van der Waals surface area contributed by atoms with Gasteiger partial charge in [-0.3, -0.25) is 0 Å². The number of ether oxygens (including phenoxy) is 4. The number of halogens is 7. The first-order valence-electron chi connectivity index (χ1n) is 11.2. The summed E-state index contributed by atoms with van der Waals surface area (Å²) in [5.74, 6) is -7.27. The number of carbonyl (C=O) groups excluding carboxylic acids is 1. The summed E-state index contributed by atoms with van der Waals surface area (Å²) >= 11 is 0. The van der Waals surface area contributed by atoms with Gasteiger partial charge in [0.05, 0.1) is 19.8 Å². The molecule has 0 saturated carbocycles. The molecule has 1 aromatic rings. The molecule has 1 unspecified atom stereocenters. The fraction of sp³-hybridized carbons (Fsp3) is 0.636. The van der Waals surface area contributed by atoms with Crippen LogP contribution in [-0.4, -0.2) is 99.5 Å². The normalized spacial score (nSPS) is 13.2. The van der Waals surface area contributed by atoms with Gasteiger partial charge in [-0.15, -0.1) is 0 Å². The molecule has 0 heterocycles. The lowest BCUT2D eigenvalue weighted by Crippen LogP contribution is -2.54. The molecule has 1 rings (SSSR count). The van der Waals surface area contributed by atoms with Crippen molar-refractivity contribution in [3.8, 4) is 5.75 Å². The molecule has 0 bridgehead atoms. The number of hydrogen-bond acceptors (Lipinski definition) is 6. The molecule has 0 fully saturated rings. The largest absolute Gasteiger partial charge is 0.492 e. The number of aliphatic carboxylic acids is 1. The number of benzene rings is 1. The molecule has 1 aromatic carbocycles. The predicted molar refractivity (Wildman–Crippen MR) is 117 cm³/mol. The average Bonchev–Trinajstić information content (AvgIpc) is 2.83. The Hall–Kier alpha value is -2.85. The highest BCUT2D eigenvalue weighted by Gasteiger charge is 2.74. The van der Waals surface area contributed by atoms with Gasteiger partial charge in [-0.05, 0) is 24.6 Å². The van der Waals surface area contributed by atoms with Gasteiger partial charge < -0.3 is 34.3 Å². The van der Waals surface area contributed by atoms with E-state index in [1.54, 1.807) is 19.1 Å². The molecule has 218 valence electrons. The van der Waals surface area contributed by atoms with Crippen LogP contribution in [0, 0.1) is 0 Å². The molecule has 16 heteroatoms. The molecule has 0 radical (unpaired) electrons. The van der Waals surface area contributed by atoms with Crippen molar-refractivity contribution in [3.05, 3.63) is 29.8 Å². The van der Waals surface area contributed by atoms with Crippen LogP contribution >= 0.6 is 0 Å². The molecule has 0 aliphatic heterocycles. The summed E-state index contributed by atoms with van der Waals surface area (Å²) in [6.45, 7) is -0.657. The van der Waals surface area contributed by atoms with E-state index in [0.29, 0.717) is 11.3 Å². The van der Waals surface area contributed by atoms with E-state index in [0.717, 1.165) is 4.90 Å². The maximum Gasteiger partial charge on any atom is 0.462 e. The highest BCUT2D eigenvalue weighted by molar-refractivity contribution is 5.74. The number of urea groups is 1. The van der Waals surface area contributed by atoms with Crippen LogP contribution in [0.25, 0.3) is 0 Å². The molecule has 0 aromatic heterocycles. The fourth-order valence-corrected chi connectivity index (χ4v) is 2.85. The van der Waals surface area contributed by atoms with Gasteiger partial charge in [0.25, 0.3) is 0 Å². The monoisotopic (exact) mass is 566 g/mol. The van der Waals surface area contributed by atoms with E-state index in [2.05, 4.69) is 10.1 Å². The number of carboxylic acids is 1. The van der Waals surface area contributed by atoms with E-state index in [4.69, 9.17) is 19.3 Å². The summed E-state index contributed by atoms with van der Waals surface area (Å²) in [5.41, 5.74) is 0.631.